The van der Waals surface area contributed by atoms with Gasteiger partial charge in [-0.3, -0.25) is 4.99 Å². The molecule has 0 aliphatic carbocycles. The van der Waals surface area contributed by atoms with Crippen molar-refractivity contribution in [3.63, 3.8) is 0 Å². The summed E-state index contributed by atoms with van der Waals surface area (Å²) in [6.45, 7) is 2.73. The molecule has 3 rings (SSSR count). The predicted molar refractivity (Wildman–Crippen MR) is 103 cm³/mol. The third kappa shape index (κ3) is 5.21. The summed E-state index contributed by atoms with van der Waals surface area (Å²) in [7, 11) is -0.996. The summed E-state index contributed by atoms with van der Waals surface area (Å²) in [4.78, 5) is 6.71. The Balaban J connectivity index is 1.44. The number of sulfone groups is 1. The molecule has 1 atom stereocenters. The minimum Gasteiger partial charge on any atom is -0.356 e. The molecule has 2 fully saturated rings. The molecule has 2 aliphatic rings. The molecule has 0 bridgehead atoms. The molecular weight excluding hydrogens is 334 g/mol. The van der Waals surface area contributed by atoms with Gasteiger partial charge in [0.2, 0.25) is 0 Å². The third-order valence-corrected chi connectivity index (χ3v) is 7.21. The molecule has 2 aliphatic heterocycles. The fraction of sp³-hybridized carbons (Fsp3) is 0.632. The summed E-state index contributed by atoms with van der Waals surface area (Å²) >= 11 is 0. The van der Waals surface area contributed by atoms with Gasteiger partial charge in [0.25, 0.3) is 0 Å². The fourth-order valence-electron chi connectivity index (χ4n) is 3.90. The van der Waals surface area contributed by atoms with Crippen LogP contribution in [0.25, 0.3) is 0 Å². The molecular formula is C19H29N3O2S. The monoisotopic (exact) mass is 363 g/mol. The summed E-state index contributed by atoms with van der Waals surface area (Å²) in [5.74, 6) is 2.52. The van der Waals surface area contributed by atoms with Gasteiger partial charge in [-0.2, -0.15) is 0 Å². The zero-order chi connectivity index (χ0) is 17.7. The van der Waals surface area contributed by atoms with Crippen LogP contribution in [0.15, 0.2) is 35.3 Å². The van der Waals surface area contributed by atoms with Gasteiger partial charge in [-0.15, -0.1) is 0 Å². The van der Waals surface area contributed by atoms with Crippen molar-refractivity contribution < 1.29 is 8.42 Å². The molecule has 1 aromatic rings. The first-order valence-electron chi connectivity index (χ1n) is 9.25. The molecule has 0 spiro atoms. The lowest BCUT2D eigenvalue weighted by Crippen LogP contribution is -2.47. The number of aliphatic imine (C=N–C) groups is 1. The molecule has 1 aromatic carbocycles. The summed E-state index contributed by atoms with van der Waals surface area (Å²) in [5, 5.41) is 3.39. The van der Waals surface area contributed by atoms with Crippen LogP contribution in [0.5, 0.6) is 0 Å². The predicted octanol–water partition coefficient (Wildman–Crippen LogP) is 1.95. The number of hydrogen-bond donors (Lipinski definition) is 1. The fourth-order valence-corrected chi connectivity index (χ4v) is 5.76. The lowest BCUT2D eigenvalue weighted by atomic mass is 9.90. The van der Waals surface area contributed by atoms with E-state index in [0.717, 1.165) is 37.8 Å². The lowest BCUT2D eigenvalue weighted by Gasteiger charge is -2.34. The average molecular weight is 364 g/mol. The number of benzene rings is 1. The molecule has 0 amide bonds. The number of hydrogen-bond acceptors (Lipinski definition) is 3. The molecule has 5 nitrogen and oxygen atoms in total. The van der Waals surface area contributed by atoms with Crippen LogP contribution in [0.4, 0.5) is 0 Å². The highest BCUT2D eigenvalue weighted by Crippen LogP contribution is 2.22. The Bertz CT molecular complexity index is 680. The van der Waals surface area contributed by atoms with Gasteiger partial charge in [0.05, 0.1) is 11.5 Å². The molecule has 1 unspecified atom stereocenters. The molecule has 0 aromatic heterocycles. The minimum atomic E-state index is -2.81. The van der Waals surface area contributed by atoms with Crippen molar-refractivity contribution in [2.75, 3.05) is 38.2 Å². The number of rotatable bonds is 4. The van der Waals surface area contributed by atoms with Gasteiger partial charge < -0.3 is 10.2 Å². The Kier molecular flexibility index (Phi) is 5.99. The minimum absolute atomic E-state index is 0.220. The van der Waals surface area contributed by atoms with Gasteiger partial charge in [0.1, 0.15) is 0 Å². The Morgan fingerprint density at radius 3 is 2.48 bits per heavy atom. The quantitative estimate of drug-likeness (QED) is 0.656. The summed E-state index contributed by atoms with van der Waals surface area (Å²) in [6, 6.07) is 10.7. The number of likely N-dealkylation sites (tertiary alicyclic amines) is 1. The first-order valence-corrected chi connectivity index (χ1v) is 11.1. The third-order valence-electron chi connectivity index (χ3n) is 5.37. The van der Waals surface area contributed by atoms with E-state index < -0.39 is 9.84 Å². The van der Waals surface area contributed by atoms with Gasteiger partial charge in [-0.25, -0.2) is 8.42 Å². The van der Waals surface area contributed by atoms with Gasteiger partial charge in [0.15, 0.2) is 15.8 Å². The van der Waals surface area contributed by atoms with Crippen LogP contribution in [0.2, 0.25) is 0 Å². The van der Waals surface area contributed by atoms with Gasteiger partial charge in [-0.05, 0) is 43.1 Å². The molecule has 2 heterocycles. The Morgan fingerprint density at radius 1 is 1.16 bits per heavy atom. The topological polar surface area (TPSA) is 61.8 Å². The van der Waals surface area contributed by atoms with E-state index in [1.807, 2.05) is 7.05 Å². The van der Waals surface area contributed by atoms with Crippen LogP contribution in [0.1, 0.15) is 24.8 Å². The van der Waals surface area contributed by atoms with E-state index in [-0.39, 0.29) is 5.92 Å². The molecule has 25 heavy (non-hydrogen) atoms. The van der Waals surface area contributed by atoms with E-state index >= 15 is 0 Å². The lowest BCUT2D eigenvalue weighted by molar-refractivity contribution is 0.258. The Morgan fingerprint density at radius 2 is 1.88 bits per heavy atom. The van der Waals surface area contributed by atoms with Crippen molar-refractivity contribution in [1.82, 2.24) is 10.2 Å². The van der Waals surface area contributed by atoms with Crippen LogP contribution in [0, 0.1) is 11.8 Å². The van der Waals surface area contributed by atoms with Crippen molar-refractivity contribution in [3.8, 4) is 0 Å². The highest BCUT2D eigenvalue weighted by molar-refractivity contribution is 7.91. The van der Waals surface area contributed by atoms with Gasteiger partial charge in [-0.1, -0.05) is 30.3 Å². The van der Waals surface area contributed by atoms with Crippen LogP contribution in [0.3, 0.4) is 0 Å². The second kappa shape index (κ2) is 8.21. The van der Waals surface area contributed by atoms with E-state index in [0.29, 0.717) is 18.1 Å². The van der Waals surface area contributed by atoms with Crippen LogP contribution < -0.4 is 5.32 Å². The maximum Gasteiger partial charge on any atom is 0.193 e. The summed E-state index contributed by atoms with van der Waals surface area (Å²) in [5.41, 5.74) is 1.42. The second-order valence-corrected chi connectivity index (χ2v) is 9.55. The number of guanidine groups is 1. The zero-order valence-corrected chi connectivity index (χ0v) is 15.8. The van der Waals surface area contributed by atoms with Crippen molar-refractivity contribution in [2.24, 2.45) is 16.8 Å². The van der Waals surface area contributed by atoms with E-state index in [1.165, 1.54) is 18.4 Å². The second-order valence-electron chi connectivity index (χ2n) is 7.32. The van der Waals surface area contributed by atoms with Crippen molar-refractivity contribution in [2.45, 2.75) is 25.7 Å². The maximum absolute atomic E-state index is 11.6. The van der Waals surface area contributed by atoms with Crippen LogP contribution in [-0.2, 0) is 16.3 Å². The molecule has 0 saturated carbocycles. The highest BCUT2D eigenvalue weighted by Gasteiger charge is 2.28. The van der Waals surface area contributed by atoms with Gasteiger partial charge in [0, 0.05) is 26.7 Å². The maximum atomic E-state index is 11.6. The van der Waals surface area contributed by atoms with E-state index in [9.17, 15) is 8.42 Å². The van der Waals surface area contributed by atoms with Gasteiger partial charge >= 0.3 is 0 Å². The summed E-state index contributed by atoms with van der Waals surface area (Å²) < 4.78 is 23.1. The van der Waals surface area contributed by atoms with E-state index in [2.05, 4.69) is 45.5 Å². The van der Waals surface area contributed by atoms with Crippen molar-refractivity contribution >= 4 is 15.8 Å². The highest BCUT2D eigenvalue weighted by atomic mass is 32.2. The van der Waals surface area contributed by atoms with Crippen LogP contribution >= 0.6 is 0 Å². The first kappa shape index (κ1) is 18.2. The number of nitrogens with zero attached hydrogens (tertiary/aromatic N) is 2. The molecule has 2 saturated heterocycles. The molecule has 138 valence electrons. The SMILES string of the molecule is CN=C(NCC1CCS(=O)(=O)C1)N1CCC(Cc2ccccc2)CC1. The molecule has 6 heteroatoms. The average Bonchev–Trinajstić information content (AvgIpc) is 2.97. The van der Waals surface area contributed by atoms with Crippen molar-refractivity contribution in [3.05, 3.63) is 35.9 Å². The Labute approximate surface area is 151 Å². The van der Waals surface area contributed by atoms with E-state index in [4.69, 9.17) is 0 Å². The zero-order valence-electron chi connectivity index (χ0n) is 15.0. The molecule has 0 radical (unpaired) electrons. The Hall–Kier alpha value is -1.56. The molecule has 1 N–H and O–H groups in total. The largest absolute Gasteiger partial charge is 0.356 e. The smallest absolute Gasteiger partial charge is 0.193 e. The first-order chi connectivity index (χ1) is 12.1. The van der Waals surface area contributed by atoms with Crippen LogP contribution in [-0.4, -0.2) is 57.5 Å². The van der Waals surface area contributed by atoms with E-state index in [1.54, 1.807) is 0 Å². The normalized spacial score (nSPS) is 24.4. The number of piperidine rings is 1. The van der Waals surface area contributed by atoms with Crippen molar-refractivity contribution in [1.29, 1.82) is 0 Å². The standard InChI is InChI=1S/C19H29N3O2S/c1-20-19(21-14-18-9-12-25(23,24)15-18)22-10-7-17(8-11-22)13-16-5-3-2-4-6-16/h2-6,17-18H,7-15H2,1H3,(H,20,21). The number of nitrogens with one attached hydrogen (secondary N) is 1. The summed E-state index contributed by atoms with van der Waals surface area (Å²) in [6.07, 6.45) is 4.27.